The Kier molecular flexibility index (Phi) is 3.69. The fraction of sp³-hybridized carbons (Fsp3) is 0.273. The molecule has 0 N–H and O–H groups in total. The number of nitrogens with zero attached hydrogens (tertiary/aromatic N) is 3. The first-order valence-corrected chi connectivity index (χ1v) is 5.81. The summed E-state index contributed by atoms with van der Waals surface area (Å²) in [5.41, 5.74) is 1.05. The van der Waals surface area contributed by atoms with E-state index in [1.165, 1.54) is 6.33 Å². The minimum Gasteiger partial charge on any atom is -0.352 e. The van der Waals surface area contributed by atoms with Crippen LogP contribution in [-0.2, 0) is 4.74 Å². The van der Waals surface area contributed by atoms with Gasteiger partial charge >= 0.3 is 0 Å². The molecule has 1 aromatic carbocycles. The van der Waals surface area contributed by atoms with E-state index in [-0.39, 0.29) is 6.23 Å². The van der Waals surface area contributed by atoms with Crippen molar-refractivity contribution in [3.05, 3.63) is 47.0 Å². The number of aromatic nitrogens is 3. The van der Waals surface area contributed by atoms with Crippen LogP contribution in [-0.4, -0.2) is 21.4 Å². The van der Waals surface area contributed by atoms with Crippen molar-refractivity contribution in [2.75, 3.05) is 6.61 Å². The quantitative estimate of drug-likeness (QED) is 0.865. The van der Waals surface area contributed by atoms with Crippen molar-refractivity contribution in [2.45, 2.75) is 13.2 Å². The first-order valence-electron chi connectivity index (χ1n) is 5.02. The van der Waals surface area contributed by atoms with Crippen LogP contribution in [0.1, 0.15) is 18.7 Å². The number of hydrogen-bond acceptors (Lipinski definition) is 3. The van der Waals surface area contributed by atoms with E-state index in [1.54, 1.807) is 11.0 Å². The van der Waals surface area contributed by atoms with Crippen LogP contribution in [0, 0.1) is 0 Å². The van der Waals surface area contributed by atoms with Crippen LogP contribution in [0.25, 0.3) is 0 Å². The Morgan fingerprint density at radius 3 is 2.69 bits per heavy atom. The van der Waals surface area contributed by atoms with Gasteiger partial charge in [0.05, 0.1) is 0 Å². The Balaban J connectivity index is 2.29. The molecule has 0 aliphatic carbocycles. The van der Waals surface area contributed by atoms with E-state index >= 15 is 0 Å². The minimum atomic E-state index is -0.208. The van der Waals surface area contributed by atoms with Crippen LogP contribution in [0.2, 0.25) is 0 Å². The van der Waals surface area contributed by atoms with Crippen LogP contribution in [0.5, 0.6) is 0 Å². The van der Waals surface area contributed by atoms with Crippen molar-refractivity contribution in [1.29, 1.82) is 0 Å². The van der Waals surface area contributed by atoms with Crippen LogP contribution in [0.15, 0.2) is 41.4 Å². The molecule has 84 valence electrons. The molecule has 1 atom stereocenters. The fourth-order valence-electron chi connectivity index (χ4n) is 1.45. The summed E-state index contributed by atoms with van der Waals surface area (Å²) in [6, 6.07) is 7.98. The zero-order valence-electron chi connectivity index (χ0n) is 8.88. The first kappa shape index (κ1) is 11.3. The standard InChI is InChI=1S/C11H12BrN3O/c1-2-16-11(15-8-13-7-14-15)9-3-5-10(12)6-4-9/h3-8,11H,2H2,1H3. The Morgan fingerprint density at radius 2 is 2.12 bits per heavy atom. The summed E-state index contributed by atoms with van der Waals surface area (Å²) >= 11 is 3.41. The van der Waals surface area contributed by atoms with Gasteiger partial charge in [-0.15, -0.1) is 0 Å². The van der Waals surface area contributed by atoms with E-state index < -0.39 is 0 Å². The van der Waals surface area contributed by atoms with Gasteiger partial charge in [0, 0.05) is 16.6 Å². The third kappa shape index (κ3) is 2.48. The summed E-state index contributed by atoms with van der Waals surface area (Å²) in [5, 5.41) is 4.10. The smallest absolute Gasteiger partial charge is 0.177 e. The molecule has 0 saturated heterocycles. The predicted molar refractivity (Wildman–Crippen MR) is 63.9 cm³/mol. The van der Waals surface area contributed by atoms with Crippen molar-refractivity contribution < 1.29 is 4.74 Å². The molecule has 1 heterocycles. The van der Waals surface area contributed by atoms with Gasteiger partial charge in [0.25, 0.3) is 0 Å². The molecule has 0 spiro atoms. The maximum Gasteiger partial charge on any atom is 0.177 e. The third-order valence-electron chi connectivity index (χ3n) is 2.16. The highest BCUT2D eigenvalue weighted by Crippen LogP contribution is 2.20. The van der Waals surface area contributed by atoms with Crippen molar-refractivity contribution >= 4 is 15.9 Å². The van der Waals surface area contributed by atoms with Crippen molar-refractivity contribution in [1.82, 2.24) is 14.8 Å². The number of halogens is 1. The topological polar surface area (TPSA) is 39.9 Å². The lowest BCUT2D eigenvalue weighted by Gasteiger charge is -2.17. The molecule has 16 heavy (non-hydrogen) atoms. The maximum absolute atomic E-state index is 5.66. The Labute approximate surface area is 102 Å². The Bertz CT molecular complexity index is 427. The lowest BCUT2D eigenvalue weighted by atomic mass is 10.2. The third-order valence-corrected chi connectivity index (χ3v) is 2.69. The van der Waals surface area contributed by atoms with E-state index in [2.05, 4.69) is 26.0 Å². The van der Waals surface area contributed by atoms with Gasteiger partial charge in [-0.2, -0.15) is 5.10 Å². The predicted octanol–water partition coefficient (Wildman–Crippen LogP) is 2.62. The zero-order chi connectivity index (χ0) is 11.4. The van der Waals surface area contributed by atoms with Gasteiger partial charge in [-0.1, -0.05) is 28.1 Å². The first-order chi connectivity index (χ1) is 7.81. The second kappa shape index (κ2) is 5.23. The lowest BCUT2D eigenvalue weighted by Crippen LogP contribution is -2.14. The zero-order valence-corrected chi connectivity index (χ0v) is 10.5. The highest BCUT2D eigenvalue weighted by Gasteiger charge is 2.13. The normalized spacial score (nSPS) is 12.6. The van der Waals surface area contributed by atoms with E-state index in [4.69, 9.17) is 4.74 Å². The van der Waals surface area contributed by atoms with Crippen LogP contribution < -0.4 is 0 Å². The molecule has 5 heteroatoms. The molecule has 4 nitrogen and oxygen atoms in total. The van der Waals surface area contributed by atoms with Gasteiger partial charge in [-0.3, -0.25) is 0 Å². The molecule has 0 aliphatic rings. The molecule has 0 amide bonds. The SMILES string of the molecule is CCOC(c1ccc(Br)cc1)n1cncn1. The fourth-order valence-corrected chi connectivity index (χ4v) is 1.71. The molecule has 2 aromatic rings. The van der Waals surface area contributed by atoms with Crippen molar-refractivity contribution in [2.24, 2.45) is 0 Å². The van der Waals surface area contributed by atoms with Gasteiger partial charge < -0.3 is 4.74 Å². The molecular formula is C11H12BrN3O. The van der Waals surface area contributed by atoms with Gasteiger partial charge in [-0.25, -0.2) is 9.67 Å². The Hall–Kier alpha value is -1.20. The van der Waals surface area contributed by atoms with Crippen LogP contribution >= 0.6 is 15.9 Å². The molecular weight excluding hydrogens is 270 g/mol. The molecule has 0 aliphatic heterocycles. The molecule has 0 radical (unpaired) electrons. The number of ether oxygens (including phenoxy) is 1. The van der Waals surface area contributed by atoms with E-state index in [1.807, 2.05) is 31.2 Å². The van der Waals surface area contributed by atoms with E-state index in [9.17, 15) is 0 Å². The molecule has 1 aromatic heterocycles. The molecule has 2 rings (SSSR count). The summed E-state index contributed by atoms with van der Waals surface area (Å²) in [4.78, 5) is 3.93. The lowest BCUT2D eigenvalue weighted by molar-refractivity contribution is 0.0320. The number of rotatable bonds is 4. The molecule has 0 saturated carbocycles. The van der Waals surface area contributed by atoms with Crippen LogP contribution in [0.3, 0.4) is 0 Å². The average molecular weight is 282 g/mol. The Morgan fingerprint density at radius 1 is 1.38 bits per heavy atom. The van der Waals surface area contributed by atoms with Gasteiger partial charge in [0.1, 0.15) is 12.7 Å². The second-order valence-electron chi connectivity index (χ2n) is 3.23. The highest BCUT2D eigenvalue weighted by atomic mass is 79.9. The summed E-state index contributed by atoms with van der Waals surface area (Å²) in [5.74, 6) is 0. The van der Waals surface area contributed by atoms with Crippen molar-refractivity contribution in [3.63, 3.8) is 0 Å². The summed E-state index contributed by atoms with van der Waals surface area (Å²) in [7, 11) is 0. The van der Waals surface area contributed by atoms with E-state index in [0.29, 0.717) is 6.61 Å². The van der Waals surface area contributed by atoms with Gasteiger partial charge in [0.15, 0.2) is 6.23 Å². The second-order valence-corrected chi connectivity index (χ2v) is 4.15. The average Bonchev–Trinajstić information content (AvgIpc) is 2.81. The molecule has 0 bridgehead atoms. The highest BCUT2D eigenvalue weighted by molar-refractivity contribution is 9.10. The maximum atomic E-state index is 5.66. The molecule has 1 unspecified atom stereocenters. The number of benzene rings is 1. The van der Waals surface area contributed by atoms with Gasteiger partial charge in [0.2, 0.25) is 0 Å². The monoisotopic (exact) mass is 281 g/mol. The summed E-state index contributed by atoms with van der Waals surface area (Å²) in [6.45, 7) is 2.59. The van der Waals surface area contributed by atoms with Gasteiger partial charge in [-0.05, 0) is 19.1 Å². The van der Waals surface area contributed by atoms with Crippen molar-refractivity contribution in [3.8, 4) is 0 Å². The molecule has 0 fully saturated rings. The minimum absolute atomic E-state index is 0.208. The largest absolute Gasteiger partial charge is 0.352 e. The van der Waals surface area contributed by atoms with E-state index in [0.717, 1.165) is 10.0 Å². The van der Waals surface area contributed by atoms with Crippen LogP contribution in [0.4, 0.5) is 0 Å². The summed E-state index contributed by atoms with van der Waals surface area (Å²) in [6.07, 6.45) is 2.95. The summed E-state index contributed by atoms with van der Waals surface area (Å²) < 4.78 is 8.40. The number of hydrogen-bond donors (Lipinski definition) is 0.